The zero-order valence-electron chi connectivity index (χ0n) is 13.4. The Hall–Kier alpha value is -1.16. The lowest BCUT2D eigenvalue weighted by Crippen LogP contribution is -2.56. The molecule has 2 aliphatic heterocycles. The van der Waals surface area contributed by atoms with E-state index in [4.69, 9.17) is 4.74 Å². The van der Waals surface area contributed by atoms with Crippen molar-refractivity contribution >= 4 is 11.7 Å². The van der Waals surface area contributed by atoms with Gasteiger partial charge in [0.05, 0.1) is 12.1 Å². The summed E-state index contributed by atoms with van der Waals surface area (Å²) < 4.78 is 5.27. The maximum absolute atomic E-state index is 12.4. The average Bonchev–Trinajstić information content (AvgIpc) is 3.12. The Bertz CT molecular complexity index is 503. The van der Waals surface area contributed by atoms with Gasteiger partial charge in [0.25, 0.3) is 0 Å². The molecule has 2 fully saturated rings. The van der Waals surface area contributed by atoms with Crippen molar-refractivity contribution in [1.29, 1.82) is 0 Å². The molecule has 2 unspecified atom stereocenters. The minimum absolute atomic E-state index is 0.0322. The number of nitrogens with zero attached hydrogens (tertiary/aromatic N) is 2. The number of carbonyl (C=O) groups excluding carboxylic acids is 1. The van der Waals surface area contributed by atoms with Crippen molar-refractivity contribution in [2.45, 2.75) is 58.4 Å². The van der Waals surface area contributed by atoms with Gasteiger partial charge in [-0.3, -0.25) is 9.89 Å². The van der Waals surface area contributed by atoms with Crippen molar-refractivity contribution in [2.24, 2.45) is 10.9 Å². The third-order valence-electron chi connectivity index (χ3n) is 5.59. The summed E-state index contributed by atoms with van der Waals surface area (Å²) in [7, 11) is 0. The number of carbonyl (C=O) groups is 1. The fraction of sp³-hybridized carbons (Fsp3) is 0.765. The first-order valence-electron chi connectivity index (χ1n) is 8.30. The summed E-state index contributed by atoms with van der Waals surface area (Å²) in [6.45, 7) is 8.84. The molecule has 2 atom stereocenters. The first-order chi connectivity index (χ1) is 10.1. The van der Waals surface area contributed by atoms with Gasteiger partial charge in [0, 0.05) is 11.6 Å². The zero-order chi connectivity index (χ0) is 15.0. The van der Waals surface area contributed by atoms with E-state index in [1.54, 1.807) is 0 Å². The second-order valence-electron chi connectivity index (χ2n) is 6.49. The zero-order valence-corrected chi connectivity index (χ0v) is 13.4. The van der Waals surface area contributed by atoms with Gasteiger partial charge in [-0.2, -0.15) is 0 Å². The highest BCUT2D eigenvalue weighted by molar-refractivity contribution is 6.38. The predicted molar refractivity (Wildman–Crippen MR) is 83.3 cm³/mol. The smallest absolute Gasteiger partial charge is 0.353 e. The van der Waals surface area contributed by atoms with Gasteiger partial charge in [0.2, 0.25) is 0 Å². The lowest BCUT2D eigenvalue weighted by molar-refractivity contribution is -0.135. The quantitative estimate of drug-likeness (QED) is 0.750. The summed E-state index contributed by atoms with van der Waals surface area (Å²) in [5, 5.41) is 0. The number of hydrogen-bond acceptors (Lipinski definition) is 4. The molecule has 0 spiro atoms. The summed E-state index contributed by atoms with van der Waals surface area (Å²) in [6.07, 6.45) is 5.92. The SMILES string of the molecule is CCOC(=O)C1=NC(C)=C(C)C2(N3CCCC3)CCCC12. The monoisotopic (exact) mass is 290 g/mol. The fourth-order valence-corrected chi connectivity index (χ4v) is 4.58. The molecule has 4 heteroatoms. The molecule has 0 bridgehead atoms. The molecule has 0 N–H and O–H groups in total. The van der Waals surface area contributed by atoms with E-state index in [0.717, 1.165) is 31.6 Å². The minimum Gasteiger partial charge on any atom is -0.461 e. The Morgan fingerprint density at radius 3 is 2.71 bits per heavy atom. The van der Waals surface area contributed by atoms with Crippen LogP contribution in [-0.4, -0.2) is 41.8 Å². The van der Waals surface area contributed by atoms with Gasteiger partial charge in [0.1, 0.15) is 5.71 Å². The van der Waals surface area contributed by atoms with Gasteiger partial charge in [-0.25, -0.2) is 4.79 Å². The summed E-state index contributed by atoms with van der Waals surface area (Å²) >= 11 is 0. The fourth-order valence-electron chi connectivity index (χ4n) is 4.58. The number of likely N-dealkylation sites (tertiary alicyclic amines) is 1. The molecule has 0 radical (unpaired) electrons. The van der Waals surface area contributed by atoms with Gasteiger partial charge in [-0.15, -0.1) is 0 Å². The molecule has 2 heterocycles. The van der Waals surface area contributed by atoms with Crippen molar-refractivity contribution in [3.8, 4) is 0 Å². The van der Waals surface area contributed by atoms with Crippen molar-refractivity contribution in [3.05, 3.63) is 11.3 Å². The van der Waals surface area contributed by atoms with Crippen LogP contribution in [0.3, 0.4) is 0 Å². The summed E-state index contributed by atoms with van der Waals surface area (Å²) in [5.41, 5.74) is 3.09. The largest absolute Gasteiger partial charge is 0.461 e. The topological polar surface area (TPSA) is 41.9 Å². The van der Waals surface area contributed by atoms with Crippen LogP contribution in [-0.2, 0) is 9.53 Å². The highest BCUT2D eigenvalue weighted by Gasteiger charge is 2.54. The number of fused-ring (bicyclic) bond motifs is 1. The Kier molecular flexibility index (Phi) is 3.91. The maximum Gasteiger partial charge on any atom is 0.353 e. The molecular weight excluding hydrogens is 264 g/mol. The molecule has 0 amide bonds. The van der Waals surface area contributed by atoms with Gasteiger partial charge >= 0.3 is 5.97 Å². The standard InChI is InChI=1S/C17H26N2O2/c1-4-21-16(20)15-14-8-7-9-17(14,12(2)13(3)18-15)19-10-5-6-11-19/h14H,4-11H2,1-3H3. The van der Waals surface area contributed by atoms with Crippen molar-refractivity contribution in [1.82, 2.24) is 4.90 Å². The average molecular weight is 290 g/mol. The Balaban J connectivity index is 2.03. The van der Waals surface area contributed by atoms with Crippen molar-refractivity contribution in [3.63, 3.8) is 0 Å². The predicted octanol–water partition coefficient (Wildman–Crippen LogP) is 2.93. The van der Waals surface area contributed by atoms with E-state index >= 15 is 0 Å². The lowest BCUT2D eigenvalue weighted by atomic mass is 9.74. The second-order valence-corrected chi connectivity index (χ2v) is 6.49. The van der Waals surface area contributed by atoms with Gasteiger partial charge in [-0.05, 0) is 65.1 Å². The van der Waals surface area contributed by atoms with Crippen LogP contribution in [0.5, 0.6) is 0 Å². The minimum atomic E-state index is -0.208. The number of hydrogen-bond donors (Lipinski definition) is 0. The molecule has 3 rings (SSSR count). The molecule has 0 aromatic heterocycles. The number of ether oxygens (including phenoxy) is 1. The van der Waals surface area contributed by atoms with Gasteiger partial charge in [0.15, 0.2) is 0 Å². The second kappa shape index (κ2) is 5.56. The summed E-state index contributed by atoms with van der Waals surface area (Å²) in [4.78, 5) is 19.6. The first kappa shape index (κ1) is 14.8. The van der Waals surface area contributed by atoms with Crippen LogP contribution >= 0.6 is 0 Å². The van der Waals surface area contributed by atoms with Gasteiger partial charge in [-0.1, -0.05) is 6.42 Å². The molecule has 0 aromatic rings. The van der Waals surface area contributed by atoms with Crippen LogP contribution in [0.15, 0.2) is 16.3 Å². The van der Waals surface area contributed by atoms with Crippen LogP contribution < -0.4 is 0 Å². The van der Waals surface area contributed by atoms with Crippen molar-refractivity contribution < 1.29 is 9.53 Å². The van der Waals surface area contributed by atoms with Crippen LogP contribution in [0, 0.1) is 5.92 Å². The van der Waals surface area contributed by atoms with E-state index in [-0.39, 0.29) is 17.4 Å². The molecule has 1 saturated carbocycles. The normalized spacial score (nSPS) is 33.1. The Morgan fingerprint density at radius 1 is 1.33 bits per heavy atom. The molecule has 3 aliphatic rings. The molecule has 1 aliphatic carbocycles. The molecule has 1 saturated heterocycles. The van der Waals surface area contributed by atoms with Crippen LogP contribution in [0.4, 0.5) is 0 Å². The van der Waals surface area contributed by atoms with Crippen LogP contribution in [0.2, 0.25) is 0 Å². The third-order valence-corrected chi connectivity index (χ3v) is 5.59. The van der Waals surface area contributed by atoms with E-state index in [9.17, 15) is 4.79 Å². The van der Waals surface area contributed by atoms with Crippen LogP contribution in [0.25, 0.3) is 0 Å². The number of esters is 1. The first-order valence-corrected chi connectivity index (χ1v) is 8.30. The summed E-state index contributed by atoms with van der Waals surface area (Å²) in [6, 6.07) is 0. The molecular formula is C17H26N2O2. The Labute approximate surface area is 127 Å². The van der Waals surface area contributed by atoms with E-state index in [1.807, 2.05) is 13.8 Å². The lowest BCUT2D eigenvalue weighted by Gasteiger charge is -2.47. The highest BCUT2D eigenvalue weighted by atomic mass is 16.5. The van der Waals surface area contributed by atoms with E-state index in [2.05, 4.69) is 16.8 Å². The molecule has 4 nitrogen and oxygen atoms in total. The van der Waals surface area contributed by atoms with E-state index in [1.165, 1.54) is 24.8 Å². The third kappa shape index (κ3) is 2.15. The molecule has 116 valence electrons. The molecule has 0 aromatic carbocycles. The van der Waals surface area contributed by atoms with Gasteiger partial charge < -0.3 is 4.74 Å². The molecule has 21 heavy (non-hydrogen) atoms. The highest BCUT2D eigenvalue weighted by Crippen LogP contribution is 2.50. The summed E-state index contributed by atoms with van der Waals surface area (Å²) in [5.74, 6) is 0.0122. The Morgan fingerprint density at radius 2 is 2.05 bits per heavy atom. The number of allylic oxidation sites excluding steroid dienone is 1. The van der Waals surface area contributed by atoms with Crippen molar-refractivity contribution in [2.75, 3.05) is 19.7 Å². The van der Waals surface area contributed by atoms with E-state index < -0.39 is 0 Å². The van der Waals surface area contributed by atoms with Crippen LogP contribution in [0.1, 0.15) is 52.9 Å². The number of rotatable bonds is 3. The van der Waals surface area contributed by atoms with E-state index in [0.29, 0.717) is 12.3 Å². The number of aliphatic imine (C=N–C) groups is 1. The maximum atomic E-state index is 12.4.